The third-order valence-corrected chi connectivity index (χ3v) is 0.719. The molecule has 0 bridgehead atoms. The highest BCUT2D eigenvalue weighted by molar-refractivity contribution is 4.99. The fourth-order valence-electron chi connectivity index (χ4n) is 0.435. The van der Waals surface area contributed by atoms with Crippen molar-refractivity contribution in [3.05, 3.63) is 12.5 Å². The molecule has 43 valence electrons. The predicted octanol–water partition coefficient (Wildman–Crippen LogP) is 0.609. The zero-order chi connectivity index (χ0) is 5.82. The number of nitrogens with zero attached hydrogens (tertiary/aromatic N) is 1. The van der Waals surface area contributed by atoms with Crippen molar-refractivity contribution in [3.8, 4) is 5.88 Å². The Morgan fingerprint density at radius 1 is 2.00 bits per heavy atom. The summed E-state index contributed by atoms with van der Waals surface area (Å²) in [6.45, 7) is 2.56. The minimum absolute atomic E-state index is 0.604. The number of ether oxygens (including phenoxy) is 1. The van der Waals surface area contributed by atoms with E-state index < -0.39 is 0 Å². The highest BCUT2D eigenvalue weighted by Crippen LogP contribution is 1.98. The maximum absolute atomic E-state index is 4.97. The van der Waals surface area contributed by atoms with Crippen LogP contribution < -0.4 is 4.74 Å². The molecule has 1 aromatic rings. The first-order valence-electron chi connectivity index (χ1n) is 2.47. The smallest absolute Gasteiger partial charge is 0.232 e. The molecule has 0 aliphatic heterocycles. The van der Waals surface area contributed by atoms with Crippen LogP contribution in [0.5, 0.6) is 5.88 Å². The standard InChI is InChI=1S/C5H7N2O/c1-2-8-5-3-6-4-7-5/h3H,2H2,1H3,(H,6,7). The van der Waals surface area contributed by atoms with Gasteiger partial charge in [-0.15, -0.1) is 0 Å². The van der Waals surface area contributed by atoms with Gasteiger partial charge in [0.05, 0.1) is 12.8 Å². The van der Waals surface area contributed by atoms with E-state index in [1.165, 1.54) is 0 Å². The zero-order valence-corrected chi connectivity index (χ0v) is 4.64. The zero-order valence-electron chi connectivity index (χ0n) is 4.64. The largest absolute Gasteiger partial charge is 0.477 e. The van der Waals surface area contributed by atoms with Crippen LogP contribution in [-0.4, -0.2) is 16.6 Å². The van der Waals surface area contributed by atoms with E-state index in [-0.39, 0.29) is 0 Å². The molecular formula is C5H7N2O. The minimum atomic E-state index is 0.604. The van der Waals surface area contributed by atoms with Crippen LogP contribution in [0.15, 0.2) is 6.20 Å². The van der Waals surface area contributed by atoms with E-state index in [1.54, 1.807) is 6.20 Å². The molecule has 0 fully saturated rings. The molecule has 1 N–H and O–H groups in total. The van der Waals surface area contributed by atoms with Gasteiger partial charge in [0.15, 0.2) is 6.33 Å². The molecule has 1 heterocycles. The van der Waals surface area contributed by atoms with Gasteiger partial charge in [-0.25, -0.2) is 0 Å². The molecule has 1 rings (SSSR count). The maximum atomic E-state index is 4.97. The van der Waals surface area contributed by atoms with Crippen molar-refractivity contribution in [2.45, 2.75) is 6.92 Å². The molecule has 0 saturated heterocycles. The molecule has 0 unspecified atom stereocenters. The molecule has 0 spiro atoms. The number of aromatic amines is 1. The summed E-state index contributed by atoms with van der Waals surface area (Å²) in [4.78, 5) is 6.36. The second-order valence-electron chi connectivity index (χ2n) is 1.28. The topological polar surface area (TPSA) is 37.9 Å². The third kappa shape index (κ3) is 0.992. The highest BCUT2D eigenvalue weighted by atomic mass is 16.5. The lowest BCUT2D eigenvalue weighted by Crippen LogP contribution is -1.89. The number of imidazole rings is 1. The first-order chi connectivity index (χ1) is 3.93. The van der Waals surface area contributed by atoms with Gasteiger partial charge in [0.1, 0.15) is 0 Å². The Kier molecular flexibility index (Phi) is 1.51. The molecule has 1 aromatic heterocycles. The first-order valence-corrected chi connectivity index (χ1v) is 2.47. The van der Waals surface area contributed by atoms with E-state index in [0.29, 0.717) is 12.5 Å². The average Bonchev–Trinajstić information content (AvgIpc) is 2.19. The van der Waals surface area contributed by atoms with E-state index in [2.05, 4.69) is 16.3 Å². The minimum Gasteiger partial charge on any atom is -0.477 e. The van der Waals surface area contributed by atoms with Gasteiger partial charge in [-0.1, -0.05) is 0 Å². The van der Waals surface area contributed by atoms with Crippen LogP contribution in [0.3, 0.4) is 0 Å². The first kappa shape index (κ1) is 5.15. The molecule has 0 aliphatic carbocycles. The molecule has 0 aromatic carbocycles. The number of rotatable bonds is 2. The Balaban J connectivity index is 2.50. The normalized spacial score (nSPS) is 9.12. The van der Waals surface area contributed by atoms with Gasteiger partial charge >= 0.3 is 0 Å². The summed E-state index contributed by atoms with van der Waals surface area (Å²) in [6, 6.07) is 0. The summed E-state index contributed by atoms with van der Waals surface area (Å²) in [5, 5.41) is 0. The molecule has 0 aliphatic rings. The summed E-state index contributed by atoms with van der Waals surface area (Å²) in [6.07, 6.45) is 4.17. The fraction of sp³-hybridized carbons (Fsp3) is 0.400. The van der Waals surface area contributed by atoms with Gasteiger partial charge in [0.2, 0.25) is 5.88 Å². The lowest BCUT2D eigenvalue weighted by atomic mass is 10.8. The van der Waals surface area contributed by atoms with Crippen LogP contribution in [0, 0.1) is 6.33 Å². The van der Waals surface area contributed by atoms with Crippen molar-refractivity contribution >= 4 is 0 Å². The Bertz CT molecular complexity index is 136. The highest BCUT2D eigenvalue weighted by Gasteiger charge is 1.88. The summed E-state index contributed by atoms with van der Waals surface area (Å²) in [5.74, 6) is 0.604. The summed E-state index contributed by atoms with van der Waals surface area (Å²) >= 11 is 0. The van der Waals surface area contributed by atoms with E-state index >= 15 is 0 Å². The predicted molar refractivity (Wildman–Crippen MR) is 28.6 cm³/mol. The number of aromatic nitrogens is 2. The van der Waals surface area contributed by atoms with Crippen molar-refractivity contribution in [2.75, 3.05) is 6.61 Å². The molecule has 0 atom stereocenters. The Labute approximate surface area is 47.7 Å². The van der Waals surface area contributed by atoms with E-state index in [1.807, 2.05) is 6.92 Å². The quantitative estimate of drug-likeness (QED) is 0.607. The van der Waals surface area contributed by atoms with Gasteiger partial charge in [0.25, 0.3) is 0 Å². The second-order valence-corrected chi connectivity index (χ2v) is 1.28. The summed E-state index contributed by atoms with van der Waals surface area (Å²) in [7, 11) is 0. The van der Waals surface area contributed by atoms with Crippen molar-refractivity contribution in [2.24, 2.45) is 0 Å². The molecule has 3 heteroatoms. The van der Waals surface area contributed by atoms with Gasteiger partial charge in [-0.3, -0.25) is 0 Å². The SMILES string of the molecule is CCOc1c[nH][c]n1. The number of nitrogens with one attached hydrogen (secondary N) is 1. The van der Waals surface area contributed by atoms with Gasteiger partial charge in [-0.2, -0.15) is 4.98 Å². The van der Waals surface area contributed by atoms with E-state index in [9.17, 15) is 0 Å². The average molecular weight is 111 g/mol. The fourth-order valence-corrected chi connectivity index (χ4v) is 0.435. The summed E-state index contributed by atoms with van der Waals surface area (Å²) < 4.78 is 4.97. The lowest BCUT2D eigenvalue weighted by molar-refractivity contribution is 0.328. The monoisotopic (exact) mass is 111 g/mol. The number of H-pyrrole nitrogens is 1. The summed E-state index contributed by atoms with van der Waals surface area (Å²) in [5.41, 5.74) is 0. The number of hydrogen-bond acceptors (Lipinski definition) is 2. The molecular weight excluding hydrogens is 104 g/mol. The van der Waals surface area contributed by atoms with Gasteiger partial charge in [-0.05, 0) is 6.92 Å². The van der Waals surface area contributed by atoms with Crippen molar-refractivity contribution < 1.29 is 4.74 Å². The van der Waals surface area contributed by atoms with Crippen LogP contribution in [0.4, 0.5) is 0 Å². The molecule has 8 heavy (non-hydrogen) atoms. The Hall–Kier alpha value is -0.990. The molecule has 0 saturated carbocycles. The molecule has 1 radical (unpaired) electrons. The Morgan fingerprint density at radius 3 is 3.38 bits per heavy atom. The molecule has 0 amide bonds. The van der Waals surface area contributed by atoms with E-state index in [4.69, 9.17) is 4.74 Å². The second kappa shape index (κ2) is 2.35. The van der Waals surface area contributed by atoms with Gasteiger partial charge < -0.3 is 9.72 Å². The van der Waals surface area contributed by atoms with Crippen LogP contribution in [0.2, 0.25) is 0 Å². The van der Waals surface area contributed by atoms with Crippen molar-refractivity contribution in [1.29, 1.82) is 0 Å². The van der Waals surface area contributed by atoms with Gasteiger partial charge in [0, 0.05) is 0 Å². The van der Waals surface area contributed by atoms with Crippen LogP contribution in [0.1, 0.15) is 6.92 Å². The lowest BCUT2D eigenvalue weighted by Gasteiger charge is -1.92. The van der Waals surface area contributed by atoms with Crippen molar-refractivity contribution in [1.82, 2.24) is 9.97 Å². The van der Waals surface area contributed by atoms with Crippen LogP contribution in [0.25, 0.3) is 0 Å². The van der Waals surface area contributed by atoms with E-state index in [0.717, 1.165) is 0 Å². The van der Waals surface area contributed by atoms with Crippen molar-refractivity contribution in [3.63, 3.8) is 0 Å². The van der Waals surface area contributed by atoms with Crippen LogP contribution in [-0.2, 0) is 0 Å². The maximum Gasteiger partial charge on any atom is 0.232 e. The number of hydrogen-bond donors (Lipinski definition) is 1. The molecule has 3 nitrogen and oxygen atoms in total. The Morgan fingerprint density at radius 2 is 2.88 bits per heavy atom. The van der Waals surface area contributed by atoms with Crippen LogP contribution >= 0.6 is 0 Å². The third-order valence-electron chi connectivity index (χ3n) is 0.719.